The second-order valence-corrected chi connectivity index (χ2v) is 7.28. The molecule has 5 nitrogen and oxygen atoms in total. The number of aliphatic hydroxyl groups is 1. The van der Waals surface area contributed by atoms with Gasteiger partial charge in [0.1, 0.15) is 0 Å². The van der Waals surface area contributed by atoms with Gasteiger partial charge >= 0.3 is 0 Å². The predicted molar refractivity (Wildman–Crippen MR) is 110 cm³/mol. The number of piperidine rings is 1. The molecule has 2 aliphatic heterocycles. The van der Waals surface area contributed by atoms with Crippen LogP contribution in [0.5, 0.6) is 0 Å². The fourth-order valence-corrected chi connectivity index (χ4v) is 3.74. The van der Waals surface area contributed by atoms with E-state index in [0.717, 1.165) is 51.6 Å². The maximum atomic E-state index is 10.5. The van der Waals surface area contributed by atoms with Crippen molar-refractivity contribution in [2.75, 3.05) is 39.4 Å². The molecule has 0 aromatic heterocycles. The summed E-state index contributed by atoms with van der Waals surface area (Å²) in [5.41, 5.74) is -0.374. The zero-order valence-corrected chi connectivity index (χ0v) is 18.0. The number of nitrogens with zero attached hydrogens (tertiary/aromatic N) is 2. The van der Waals surface area contributed by atoms with Crippen LogP contribution >= 0.6 is 24.0 Å². The average molecular weight is 453 g/mol. The first-order valence-electron chi connectivity index (χ1n) is 9.40. The van der Waals surface area contributed by atoms with Crippen LogP contribution < -0.4 is 5.32 Å². The Balaban J connectivity index is 0.00000288. The van der Waals surface area contributed by atoms with Crippen LogP contribution in [0.2, 0.25) is 0 Å². The van der Waals surface area contributed by atoms with Gasteiger partial charge in [0.15, 0.2) is 5.96 Å². The summed E-state index contributed by atoms with van der Waals surface area (Å²) < 4.78 is 5.77. The van der Waals surface area contributed by atoms with Gasteiger partial charge in [-0.25, -0.2) is 0 Å². The fourth-order valence-electron chi connectivity index (χ4n) is 3.74. The molecule has 1 atom stereocenters. The van der Waals surface area contributed by atoms with E-state index in [9.17, 15) is 5.11 Å². The second kappa shape index (κ2) is 10.2. The third-order valence-corrected chi connectivity index (χ3v) is 5.54. The van der Waals surface area contributed by atoms with E-state index in [4.69, 9.17) is 9.73 Å². The lowest BCUT2D eigenvalue weighted by atomic mass is 9.76. The predicted octanol–water partition coefficient (Wildman–Crippen LogP) is 3.01. The molecular weight excluding hydrogens is 417 g/mol. The van der Waals surface area contributed by atoms with Crippen molar-refractivity contribution in [1.82, 2.24) is 10.2 Å². The maximum absolute atomic E-state index is 10.5. The zero-order chi connectivity index (χ0) is 16.8. The van der Waals surface area contributed by atoms with Gasteiger partial charge in [-0.05, 0) is 45.4 Å². The molecule has 2 rings (SSSR count). The Morgan fingerprint density at radius 1 is 1.25 bits per heavy atom. The normalized spacial score (nSPS) is 25.5. The summed E-state index contributed by atoms with van der Waals surface area (Å²) in [4.78, 5) is 7.15. The van der Waals surface area contributed by atoms with Crippen molar-refractivity contribution >= 4 is 29.9 Å². The Kier molecular flexibility index (Phi) is 9.30. The van der Waals surface area contributed by atoms with Gasteiger partial charge in [-0.2, -0.15) is 0 Å². The van der Waals surface area contributed by atoms with Crippen molar-refractivity contribution in [3.63, 3.8) is 0 Å². The number of hydrogen-bond donors (Lipinski definition) is 2. The van der Waals surface area contributed by atoms with Crippen LogP contribution in [0, 0.1) is 5.41 Å². The lowest BCUT2D eigenvalue weighted by molar-refractivity contribution is -0.0371. The average Bonchev–Trinajstić information content (AvgIpc) is 2.59. The van der Waals surface area contributed by atoms with Crippen LogP contribution in [0.4, 0.5) is 0 Å². The van der Waals surface area contributed by atoms with Crippen LogP contribution in [-0.4, -0.2) is 61.0 Å². The zero-order valence-electron chi connectivity index (χ0n) is 15.6. The highest BCUT2D eigenvalue weighted by Crippen LogP contribution is 2.37. The summed E-state index contributed by atoms with van der Waals surface area (Å²) in [6, 6.07) is 0. The minimum atomic E-state index is -0.678. The molecule has 0 amide bonds. The molecule has 0 saturated carbocycles. The molecule has 24 heavy (non-hydrogen) atoms. The van der Waals surface area contributed by atoms with E-state index < -0.39 is 5.60 Å². The molecule has 0 bridgehead atoms. The van der Waals surface area contributed by atoms with E-state index >= 15 is 0 Å². The molecule has 1 unspecified atom stereocenters. The van der Waals surface area contributed by atoms with E-state index in [0.29, 0.717) is 12.0 Å². The second-order valence-electron chi connectivity index (χ2n) is 7.28. The van der Waals surface area contributed by atoms with Gasteiger partial charge in [0.2, 0.25) is 0 Å². The lowest BCUT2D eigenvalue weighted by Gasteiger charge is -2.45. The molecular formula is C18H36IN3O2. The molecule has 2 aliphatic rings. The molecule has 6 heteroatoms. The molecule has 2 N–H and O–H groups in total. The third-order valence-electron chi connectivity index (χ3n) is 5.54. The van der Waals surface area contributed by atoms with E-state index in [1.807, 2.05) is 13.8 Å². The number of hydrogen-bond acceptors (Lipinski definition) is 3. The summed E-state index contributed by atoms with van der Waals surface area (Å²) in [7, 11) is 0. The van der Waals surface area contributed by atoms with Crippen LogP contribution in [0.15, 0.2) is 4.99 Å². The minimum Gasteiger partial charge on any atom is -0.388 e. The smallest absolute Gasteiger partial charge is 0.194 e. The number of likely N-dealkylation sites (tertiary alicyclic amines) is 1. The van der Waals surface area contributed by atoms with Crippen LogP contribution in [0.25, 0.3) is 0 Å². The van der Waals surface area contributed by atoms with Crippen LogP contribution in [0.1, 0.15) is 59.3 Å². The van der Waals surface area contributed by atoms with Crippen molar-refractivity contribution in [3.8, 4) is 0 Å². The Hall–Kier alpha value is -0.0800. The van der Waals surface area contributed by atoms with Gasteiger partial charge in [-0.15, -0.1) is 24.0 Å². The van der Waals surface area contributed by atoms with E-state index in [2.05, 4.69) is 17.1 Å². The number of halogens is 1. The summed E-state index contributed by atoms with van der Waals surface area (Å²) in [6.07, 6.45) is 6.37. The first-order valence-corrected chi connectivity index (χ1v) is 9.40. The quantitative estimate of drug-likeness (QED) is 0.382. The highest BCUT2D eigenvalue weighted by Gasteiger charge is 2.38. The molecule has 142 valence electrons. The molecule has 2 heterocycles. The van der Waals surface area contributed by atoms with E-state index in [1.54, 1.807) is 0 Å². The first kappa shape index (κ1) is 22.0. The van der Waals surface area contributed by atoms with E-state index in [-0.39, 0.29) is 24.0 Å². The molecule has 2 saturated heterocycles. The summed E-state index contributed by atoms with van der Waals surface area (Å²) in [5.74, 6) is 0.956. The largest absolute Gasteiger partial charge is 0.388 e. The molecule has 1 spiro atoms. The molecule has 2 fully saturated rings. The van der Waals surface area contributed by atoms with Gasteiger partial charge < -0.3 is 20.1 Å². The third kappa shape index (κ3) is 5.73. The summed E-state index contributed by atoms with van der Waals surface area (Å²) in [5, 5.41) is 13.9. The molecule has 0 aromatic carbocycles. The Bertz CT molecular complexity index is 388. The maximum Gasteiger partial charge on any atom is 0.194 e. The first-order chi connectivity index (χ1) is 11.1. The topological polar surface area (TPSA) is 57.1 Å². The van der Waals surface area contributed by atoms with Crippen molar-refractivity contribution in [2.24, 2.45) is 10.4 Å². The van der Waals surface area contributed by atoms with Gasteiger partial charge in [0.05, 0.1) is 18.8 Å². The number of aliphatic imine (C=N–C) groups is 1. The SMILES string of the molecule is CCNC(=NCC(O)(CC)CC)N1CCCC2(CCCOC2)C1.I. The lowest BCUT2D eigenvalue weighted by Crippen LogP contribution is -2.53. The highest BCUT2D eigenvalue weighted by atomic mass is 127. The summed E-state index contributed by atoms with van der Waals surface area (Å²) >= 11 is 0. The van der Waals surface area contributed by atoms with Gasteiger partial charge in [-0.1, -0.05) is 13.8 Å². The van der Waals surface area contributed by atoms with Crippen molar-refractivity contribution in [3.05, 3.63) is 0 Å². The van der Waals surface area contributed by atoms with Crippen molar-refractivity contribution < 1.29 is 9.84 Å². The van der Waals surface area contributed by atoms with E-state index in [1.165, 1.54) is 25.7 Å². The van der Waals surface area contributed by atoms with Gasteiger partial charge in [0, 0.05) is 31.7 Å². The minimum absolute atomic E-state index is 0. The molecule has 0 aliphatic carbocycles. The standard InChI is InChI=1S/C18H35N3O2.HI/c1-4-18(22,5-2)13-20-16(19-6-3)21-11-7-9-17(14-21)10-8-12-23-15-17;/h22H,4-15H2,1-3H3,(H,19,20);1H. The molecule has 0 radical (unpaired) electrons. The molecule has 0 aromatic rings. The fraction of sp³-hybridized carbons (Fsp3) is 0.944. The summed E-state index contributed by atoms with van der Waals surface area (Å²) in [6.45, 7) is 11.4. The Morgan fingerprint density at radius 3 is 2.54 bits per heavy atom. The number of rotatable bonds is 5. The number of ether oxygens (including phenoxy) is 1. The van der Waals surface area contributed by atoms with Gasteiger partial charge in [0.25, 0.3) is 0 Å². The number of guanidine groups is 1. The Labute approximate surface area is 164 Å². The van der Waals surface area contributed by atoms with Crippen LogP contribution in [0.3, 0.4) is 0 Å². The monoisotopic (exact) mass is 453 g/mol. The van der Waals surface area contributed by atoms with Crippen molar-refractivity contribution in [2.45, 2.75) is 64.9 Å². The van der Waals surface area contributed by atoms with Gasteiger partial charge in [-0.3, -0.25) is 4.99 Å². The van der Waals surface area contributed by atoms with Crippen molar-refractivity contribution in [1.29, 1.82) is 0 Å². The Morgan fingerprint density at radius 2 is 1.96 bits per heavy atom. The number of nitrogens with one attached hydrogen (secondary N) is 1. The van der Waals surface area contributed by atoms with Crippen LogP contribution in [-0.2, 0) is 4.74 Å². The highest BCUT2D eigenvalue weighted by molar-refractivity contribution is 14.0.